The fourth-order valence-electron chi connectivity index (χ4n) is 4.69. The molecular formula is C25H22ClF2N3O4. The maximum Gasteiger partial charge on any atom is 0.269 e. The number of anilines is 1. The van der Waals surface area contributed by atoms with E-state index in [1.807, 2.05) is 13.8 Å². The molecule has 35 heavy (non-hydrogen) atoms. The summed E-state index contributed by atoms with van der Waals surface area (Å²) in [5.74, 6) is -3.77. The number of halogens is 3. The molecule has 2 N–H and O–H groups in total. The van der Waals surface area contributed by atoms with E-state index in [2.05, 4.69) is 10.6 Å². The number of allylic oxidation sites excluding steroid dienone is 3. The lowest BCUT2D eigenvalue weighted by atomic mass is 9.68. The molecule has 1 aliphatic carbocycles. The van der Waals surface area contributed by atoms with Gasteiger partial charge in [0, 0.05) is 58.1 Å². The number of nitrogens with zero attached hydrogens (tertiary/aromatic N) is 1. The van der Waals surface area contributed by atoms with E-state index in [9.17, 15) is 28.5 Å². The van der Waals surface area contributed by atoms with Gasteiger partial charge in [-0.2, -0.15) is 0 Å². The molecule has 0 fully saturated rings. The number of hydrogen-bond acceptors (Lipinski definition) is 5. The van der Waals surface area contributed by atoms with Crippen LogP contribution in [0.3, 0.4) is 0 Å². The summed E-state index contributed by atoms with van der Waals surface area (Å²) >= 11 is 6.46. The van der Waals surface area contributed by atoms with Crippen molar-refractivity contribution in [1.82, 2.24) is 5.32 Å². The SMILES string of the molecule is CC1=C(C(=O)Nc2ccc(F)cc2F)C(c2cc([N+](=O)[O-])ccc2Cl)C2=C(CC(C)(C)CC2=O)N1. The van der Waals surface area contributed by atoms with E-state index in [4.69, 9.17) is 11.6 Å². The summed E-state index contributed by atoms with van der Waals surface area (Å²) < 4.78 is 27.6. The minimum absolute atomic E-state index is 0.0583. The van der Waals surface area contributed by atoms with Crippen LogP contribution in [-0.4, -0.2) is 16.6 Å². The average Bonchev–Trinajstić information content (AvgIpc) is 2.74. The van der Waals surface area contributed by atoms with Crippen molar-refractivity contribution in [2.45, 2.75) is 39.5 Å². The number of ketones is 1. The Balaban J connectivity index is 1.88. The predicted molar refractivity (Wildman–Crippen MR) is 127 cm³/mol. The Kier molecular flexibility index (Phi) is 6.23. The third-order valence-corrected chi connectivity index (χ3v) is 6.51. The molecule has 2 aromatic rings. The van der Waals surface area contributed by atoms with Gasteiger partial charge < -0.3 is 10.6 Å². The number of benzene rings is 2. The largest absolute Gasteiger partial charge is 0.362 e. The van der Waals surface area contributed by atoms with E-state index in [0.29, 0.717) is 29.5 Å². The minimum atomic E-state index is -1.02. The van der Waals surface area contributed by atoms with E-state index in [1.165, 1.54) is 18.2 Å². The molecule has 2 aliphatic rings. The fraction of sp³-hybridized carbons (Fsp3) is 0.280. The predicted octanol–water partition coefficient (Wildman–Crippen LogP) is 5.77. The van der Waals surface area contributed by atoms with Gasteiger partial charge in [-0.3, -0.25) is 19.7 Å². The van der Waals surface area contributed by atoms with E-state index < -0.39 is 28.4 Å². The second-order valence-electron chi connectivity index (χ2n) is 9.47. The van der Waals surface area contributed by atoms with Gasteiger partial charge in [0.05, 0.1) is 10.6 Å². The zero-order valence-corrected chi connectivity index (χ0v) is 19.9. The molecule has 0 bridgehead atoms. The molecule has 0 saturated carbocycles. The van der Waals surface area contributed by atoms with E-state index in [1.54, 1.807) is 6.92 Å². The molecule has 1 aliphatic heterocycles. The molecule has 7 nitrogen and oxygen atoms in total. The Morgan fingerprint density at radius 3 is 2.57 bits per heavy atom. The lowest BCUT2D eigenvalue weighted by Gasteiger charge is -2.39. The van der Waals surface area contributed by atoms with Crippen LogP contribution >= 0.6 is 11.6 Å². The fourth-order valence-corrected chi connectivity index (χ4v) is 4.92. The van der Waals surface area contributed by atoms with Crippen molar-refractivity contribution in [1.29, 1.82) is 0 Å². The number of nitro groups is 1. The van der Waals surface area contributed by atoms with Gasteiger partial charge in [-0.15, -0.1) is 0 Å². The van der Waals surface area contributed by atoms with Gasteiger partial charge in [0.15, 0.2) is 5.78 Å². The molecule has 1 amide bonds. The molecular weight excluding hydrogens is 480 g/mol. The van der Waals surface area contributed by atoms with Crippen LogP contribution in [0.2, 0.25) is 5.02 Å². The lowest BCUT2D eigenvalue weighted by Crippen LogP contribution is -2.39. The van der Waals surface area contributed by atoms with Crippen LogP contribution in [0.1, 0.15) is 45.1 Å². The van der Waals surface area contributed by atoms with Crippen molar-refractivity contribution in [3.63, 3.8) is 0 Å². The number of carbonyl (C=O) groups is 2. The molecule has 0 aromatic heterocycles. The van der Waals surface area contributed by atoms with Crippen molar-refractivity contribution in [3.8, 4) is 0 Å². The smallest absolute Gasteiger partial charge is 0.269 e. The first-order chi connectivity index (χ1) is 16.4. The van der Waals surface area contributed by atoms with Gasteiger partial charge in [-0.05, 0) is 42.5 Å². The number of rotatable bonds is 4. The van der Waals surface area contributed by atoms with Crippen molar-refractivity contribution in [2.24, 2.45) is 5.41 Å². The average molecular weight is 502 g/mol. The monoisotopic (exact) mass is 501 g/mol. The Morgan fingerprint density at radius 2 is 1.91 bits per heavy atom. The summed E-state index contributed by atoms with van der Waals surface area (Å²) in [6, 6.07) is 6.55. The second kappa shape index (κ2) is 8.88. The first-order valence-electron chi connectivity index (χ1n) is 10.8. The highest BCUT2D eigenvalue weighted by atomic mass is 35.5. The summed E-state index contributed by atoms with van der Waals surface area (Å²) in [5.41, 5.74) is 0.726. The number of carbonyl (C=O) groups excluding carboxylic acids is 2. The van der Waals surface area contributed by atoms with Gasteiger partial charge in [0.25, 0.3) is 11.6 Å². The van der Waals surface area contributed by atoms with Crippen LogP contribution in [0.15, 0.2) is 58.9 Å². The summed E-state index contributed by atoms with van der Waals surface area (Å²) in [5, 5.41) is 17.2. The van der Waals surface area contributed by atoms with Crippen molar-refractivity contribution < 1.29 is 23.3 Å². The molecule has 0 radical (unpaired) electrons. The Bertz CT molecular complexity index is 1350. The van der Waals surface area contributed by atoms with Crippen LogP contribution < -0.4 is 10.6 Å². The van der Waals surface area contributed by atoms with Gasteiger partial charge in [-0.25, -0.2) is 8.78 Å². The van der Waals surface area contributed by atoms with Crippen LogP contribution in [0.25, 0.3) is 0 Å². The maximum atomic E-state index is 14.3. The van der Waals surface area contributed by atoms with E-state index in [-0.39, 0.29) is 45.2 Å². The third kappa shape index (κ3) is 4.68. The second-order valence-corrected chi connectivity index (χ2v) is 9.88. The Labute approximate surface area is 205 Å². The summed E-state index contributed by atoms with van der Waals surface area (Å²) in [4.78, 5) is 37.7. The maximum absolute atomic E-state index is 14.3. The first kappa shape index (κ1) is 24.5. The van der Waals surface area contributed by atoms with Crippen LogP contribution in [0.5, 0.6) is 0 Å². The van der Waals surface area contributed by atoms with Gasteiger partial charge in [-0.1, -0.05) is 25.4 Å². The molecule has 182 valence electrons. The number of dihydropyridines is 1. The molecule has 1 unspecified atom stereocenters. The van der Waals surface area contributed by atoms with Crippen molar-refractivity contribution in [3.05, 3.63) is 91.3 Å². The van der Waals surface area contributed by atoms with Crippen LogP contribution in [-0.2, 0) is 9.59 Å². The zero-order chi connectivity index (χ0) is 25.7. The summed E-state index contributed by atoms with van der Waals surface area (Å²) in [6.07, 6.45) is 0.715. The van der Waals surface area contributed by atoms with Crippen LogP contribution in [0.4, 0.5) is 20.2 Å². The normalized spacial score (nSPS) is 19.3. The molecule has 2 aromatic carbocycles. The number of non-ortho nitro benzene ring substituents is 1. The van der Waals surface area contributed by atoms with Gasteiger partial charge in [0.2, 0.25) is 0 Å². The topological polar surface area (TPSA) is 101 Å². The number of amides is 1. The van der Waals surface area contributed by atoms with Crippen LogP contribution in [0, 0.1) is 27.2 Å². The van der Waals surface area contributed by atoms with Crippen molar-refractivity contribution in [2.75, 3.05) is 5.32 Å². The number of nitro benzene ring substituents is 1. The lowest BCUT2D eigenvalue weighted by molar-refractivity contribution is -0.384. The number of Topliss-reactive ketones (excluding diaryl/α,β-unsaturated/α-hetero) is 1. The molecule has 10 heteroatoms. The molecule has 1 atom stereocenters. The van der Waals surface area contributed by atoms with E-state index >= 15 is 0 Å². The Hall–Kier alpha value is -3.59. The molecule has 1 heterocycles. The number of nitrogens with one attached hydrogen (secondary N) is 2. The van der Waals surface area contributed by atoms with Gasteiger partial charge in [0.1, 0.15) is 11.6 Å². The van der Waals surface area contributed by atoms with Crippen molar-refractivity contribution >= 4 is 34.7 Å². The highest BCUT2D eigenvalue weighted by molar-refractivity contribution is 6.31. The third-order valence-electron chi connectivity index (χ3n) is 6.17. The highest BCUT2D eigenvalue weighted by Gasteiger charge is 2.43. The Morgan fingerprint density at radius 1 is 1.20 bits per heavy atom. The van der Waals surface area contributed by atoms with Gasteiger partial charge >= 0.3 is 0 Å². The highest BCUT2D eigenvalue weighted by Crippen LogP contribution is 2.48. The molecule has 4 rings (SSSR count). The zero-order valence-electron chi connectivity index (χ0n) is 19.2. The number of hydrogen-bond donors (Lipinski definition) is 2. The minimum Gasteiger partial charge on any atom is -0.362 e. The van der Waals surface area contributed by atoms with E-state index in [0.717, 1.165) is 12.1 Å². The molecule has 0 saturated heterocycles. The standard InChI is InChI=1S/C25H22ClF2N3O4/c1-12-21(24(33)30-18-7-4-13(27)8-17(18)28)22(15-9-14(31(34)35)5-6-16(15)26)23-19(29-12)10-25(2,3)11-20(23)32/h4-9,22,29H,10-11H2,1-3H3,(H,30,33). The summed E-state index contributed by atoms with van der Waals surface area (Å²) in [6.45, 7) is 5.53. The molecule has 0 spiro atoms. The quantitative estimate of drug-likeness (QED) is 0.409. The first-order valence-corrected chi connectivity index (χ1v) is 11.2. The summed E-state index contributed by atoms with van der Waals surface area (Å²) in [7, 11) is 0.